The average molecular weight is 326 g/mol. The first-order valence-electron chi connectivity index (χ1n) is 8.26. The third-order valence-corrected chi connectivity index (χ3v) is 4.35. The highest BCUT2D eigenvalue weighted by Gasteiger charge is 2.09. The number of carbonyl (C=O) groups excluding carboxylic acids is 1. The van der Waals surface area contributed by atoms with Crippen molar-refractivity contribution in [3.05, 3.63) is 90.0 Å². The maximum atomic E-state index is 12.5. The number of aromatic amines is 1. The topological polar surface area (TPSA) is 44.9 Å². The van der Waals surface area contributed by atoms with E-state index < -0.39 is 0 Å². The summed E-state index contributed by atoms with van der Waals surface area (Å²) in [6.07, 6.45) is 0. The molecule has 0 fully saturated rings. The third-order valence-electron chi connectivity index (χ3n) is 4.35. The van der Waals surface area contributed by atoms with E-state index in [4.69, 9.17) is 0 Å². The SMILES string of the molecule is Cc1ccccc1C(=O)Nc1cccc(-c2cc3ccccc3[nH]2)c1. The number of hydrogen-bond acceptors (Lipinski definition) is 1. The summed E-state index contributed by atoms with van der Waals surface area (Å²) in [5, 5.41) is 4.16. The van der Waals surface area contributed by atoms with Crippen molar-refractivity contribution in [2.24, 2.45) is 0 Å². The third kappa shape index (κ3) is 3.04. The van der Waals surface area contributed by atoms with Crippen LogP contribution in [0.25, 0.3) is 22.2 Å². The van der Waals surface area contributed by atoms with Gasteiger partial charge in [-0.25, -0.2) is 0 Å². The smallest absolute Gasteiger partial charge is 0.255 e. The molecule has 0 bridgehead atoms. The van der Waals surface area contributed by atoms with Gasteiger partial charge in [0.15, 0.2) is 0 Å². The van der Waals surface area contributed by atoms with Crippen molar-refractivity contribution < 1.29 is 4.79 Å². The van der Waals surface area contributed by atoms with Crippen molar-refractivity contribution in [2.45, 2.75) is 6.92 Å². The number of nitrogens with one attached hydrogen (secondary N) is 2. The summed E-state index contributed by atoms with van der Waals surface area (Å²) in [4.78, 5) is 15.9. The van der Waals surface area contributed by atoms with E-state index in [1.165, 1.54) is 5.39 Å². The minimum absolute atomic E-state index is 0.0908. The number of fused-ring (bicyclic) bond motifs is 1. The molecular weight excluding hydrogens is 308 g/mol. The molecule has 4 rings (SSSR count). The summed E-state index contributed by atoms with van der Waals surface area (Å²) in [6, 6.07) is 25.8. The maximum Gasteiger partial charge on any atom is 0.255 e. The van der Waals surface area contributed by atoms with Gasteiger partial charge in [-0.05, 0) is 42.8 Å². The highest BCUT2D eigenvalue weighted by atomic mass is 16.1. The molecule has 1 amide bonds. The van der Waals surface area contributed by atoms with E-state index >= 15 is 0 Å². The van der Waals surface area contributed by atoms with Gasteiger partial charge in [0.05, 0.1) is 0 Å². The Hall–Kier alpha value is -3.33. The van der Waals surface area contributed by atoms with E-state index in [0.29, 0.717) is 5.56 Å². The minimum atomic E-state index is -0.0908. The molecule has 0 aliphatic rings. The number of carbonyl (C=O) groups is 1. The van der Waals surface area contributed by atoms with Crippen LogP contribution >= 0.6 is 0 Å². The van der Waals surface area contributed by atoms with Crippen LogP contribution in [0.1, 0.15) is 15.9 Å². The average Bonchev–Trinajstić information content (AvgIpc) is 3.06. The Morgan fingerprint density at radius 3 is 2.52 bits per heavy atom. The van der Waals surface area contributed by atoms with E-state index in [9.17, 15) is 4.79 Å². The van der Waals surface area contributed by atoms with Gasteiger partial charge in [0.2, 0.25) is 0 Å². The van der Waals surface area contributed by atoms with Crippen LogP contribution in [0, 0.1) is 6.92 Å². The molecule has 0 radical (unpaired) electrons. The predicted molar refractivity (Wildman–Crippen MR) is 103 cm³/mol. The van der Waals surface area contributed by atoms with Gasteiger partial charge in [-0.3, -0.25) is 4.79 Å². The number of anilines is 1. The zero-order valence-corrected chi connectivity index (χ0v) is 13.9. The van der Waals surface area contributed by atoms with Crippen LogP contribution in [0.4, 0.5) is 5.69 Å². The first-order valence-corrected chi connectivity index (χ1v) is 8.26. The molecule has 0 saturated heterocycles. The van der Waals surface area contributed by atoms with Gasteiger partial charge < -0.3 is 10.3 Å². The van der Waals surface area contributed by atoms with Crippen molar-refractivity contribution >= 4 is 22.5 Å². The molecule has 0 aliphatic carbocycles. The Morgan fingerprint density at radius 1 is 0.880 bits per heavy atom. The lowest BCUT2D eigenvalue weighted by Crippen LogP contribution is -2.13. The molecule has 25 heavy (non-hydrogen) atoms. The van der Waals surface area contributed by atoms with E-state index in [0.717, 1.165) is 28.0 Å². The second-order valence-corrected chi connectivity index (χ2v) is 6.12. The lowest BCUT2D eigenvalue weighted by molar-refractivity contribution is 0.102. The molecule has 122 valence electrons. The number of amides is 1. The van der Waals surface area contributed by atoms with E-state index in [2.05, 4.69) is 28.5 Å². The van der Waals surface area contributed by atoms with Gasteiger partial charge in [0.1, 0.15) is 0 Å². The molecule has 0 atom stereocenters. The van der Waals surface area contributed by atoms with Gasteiger partial charge >= 0.3 is 0 Å². The van der Waals surface area contributed by atoms with Crippen LogP contribution < -0.4 is 5.32 Å². The summed E-state index contributed by atoms with van der Waals surface area (Å²) in [5.41, 5.74) is 5.62. The Kier molecular flexibility index (Phi) is 3.82. The molecule has 0 spiro atoms. The quantitative estimate of drug-likeness (QED) is 0.520. The number of hydrogen-bond donors (Lipinski definition) is 2. The fraction of sp³-hybridized carbons (Fsp3) is 0.0455. The van der Waals surface area contributed by atoms with Crippen molar-refractivity contribution in [2.75, 3.05) is 5.32 Å². The second-order valence-electron chi connectivity index (χ2n) is 6.12. The lowest BCUT2D eigenvalue weighted by atomic mass is 10.1. The highest BCUT2D eigenvalue weighted by Crippen LogP contribution is 2.26. The van der Waals surface area contributed by atoms with Crippen LogP contribution in [0.3, 0.4) is 0 Å². The summed E-state index contributed by atoms with van der Waals surface area (Å²) >= 11 is 0. The Balaban J connectivity index is 1.63. The molecule has 4 aromatic rings. The van der Waals surface area contributed by atoms with Gasteiger partial charge in [-0.1, -0.05) is 48.5 Å². The van der Waals surface area contributed by atoms with Gasteiger partial charge in [-0.2, -0.15) is 0 Å². The normalized spacial score (nSPS) is 10.8. The number of aromatic nitrogens is 1. The van der Waals surface area contributed by atoms with Gasteiger partial charge in [-0.15, -0.1) is 0 Å². The second kappa shape index (κ2) is 6.29. The Labute approximate surface area is 146 Å². The summed E-state index contributed by atoms with van der Waals surface area (Å²) in [5.74, 6) is -0.0908. The van der Waals surface area contributed by atoms with Crippen molar-refractivity contribution in [3.63, 3.8) is 0 Å². The number of H-pyrrole nitrogens is 1. The van der Waals surface area contributed by atoms with Crippen LogP contribution in [-0.4, -0.2) is 10.9 Å². The fourth-order valence-electron chi connectivity index (χ4n) is 3.02. The molecule has 1 heterocycles. The zero-order chi connectivity index (χ0) is 17.2. The van der Waals surface area contributed by atoms with Crippen molar-refractivity contribution in [1.29, 1.82) is 0 Å². The number of aryl methyl sites for hydroxylation is 1. The van der Waals surface area contributed by atoms with Crippen LogP contribution in [0.5, 0.6) is 0 Å². The summed E-state index contributed by atoms with van der Waals surface area (Å²) in [7, 11) is 0. The first-order chi connectivity index (χ1) is 12.2. The predicted octanol–water partition coefficient (Wildman–Crippen LogP) is 5.40. The summed E-state index contributed by atoms with van der Waals surface area (Å²) in [6.45, 7) is 1.94. The van der Waals surface area contributed by atoms with E-state index in [1.807, 2.05) is 67.6 Å². The van der Waals surface area contributed by atoms with Crippen molar-refractivity contribution in [3.8, 4) is 11.3 Å². The van der Waals surface area contributed by atoms with Crippen LogP contribution in [-0.2, 0) is 0 Å². The van der Waals surface area contributed by atoms with Gasteiger partial charge in [0, 0.05) is 33.4 Å². The molecular formula is C22H18N2O. The lowest BCUT2D eigenvalue weighted by Gasteiger charge is -2.08. The number of benzene rings is 3. The molecule has 0 unspecified atom stereocenters. The molecule has 0 saturated carbocycles. The largest absolute Gasteiger partial charge is 0.355 e. The van der Waals surface area contributed by atoms with Crippen molar-refractivity contribution in [1.82, 2.24) is 4.98 Å². The minimum Gasteiger partial charge on any atom is -0.355 e. The van der Waals surface area contributed by atoms with E-state index in [-0.39, 0.29) is 5.91 Å². The Morgan fingerprint density at radius 2 is 1.68 bits per heavy atom. The number of para-hydroxylation sites is 1. The maximum absolute atomic E-state index is 12.5. The Bertz CT molecular complexity index is 1030. The summed E-state index contributed by atoms with van der Waals surface area (Å²) < 4.78 is 0. The monoisotopic (exact) mass is 326 g/mol. The van der Waals surface area contributed by atoms with Crippen LogP contribution in [0.2, 0.25) is 0 Å². The molecule has 3 aromatic carbocycles. The highest BCUT2D eigenvalue weighted by molar-refractivity contribution is 6.05. The fourth-order valence-corrected chi connectivity index (χ4v) is 3.02. The molecule has 3 nitrogen and oxygen atoms in total. The molecule has 0 aliphatic heterocycles. The zero-order valence-electron chi connectivity index (χ0n) is 13.9. The van der Waals surface area contributed by atoms with Gasteiger partial charge in [0.25, 0.3) is 5.91 Å². The standard InChI is InChI=1S/C22H18N2O/c1-15-7-2-4-11-19(15)22(25)23-18-10-6-9-16(13-18)21-14-17-8-3-5-12-20(17)24-21/h2-14,24H,1H3,(H,23,25). The molecule has 1 aromatic heterocycles. The van der Waals surface area contributed by atoms with E-state index in [1.54, 1.807) is 0 Å². The van der Waals surface area contributed by atoms with Crippen LogP contribution in [0.15, 0.2) is 78.9 Å². The molecule has 2 N–H and O–H groups in total. The number of rotatable bonds is 3. The first kappa shape index (κ1) is 15.2. The molecule has 3 heteroatoms.